The third-order valence-corrected chi connectivity index (χ3v) is 9.48. The molecule has 0 aromatic carbocycles. The first-order chi connectivity index (χ1) is 11.7. The van der Waals surface area contributed by atoms with E-state index in [9.17, 15) is 4.79 Å². The molecule has 0 radical (unpaired) electrons. The standard InChI is InChI=1S/C22H34O3/c1-14(23)25-18-10-17-19(2,3)8-5-9-20(17,4)16-7-6-15-11-21(16,18)12-22(15)13-24-22/h15-18H,5-13H2,1-4H3/t15-,16+,17-,18+,20+,21-,22-/m1/s1. The third kappa shape index (κ3) is 2.05. The highest BCUT2D eigenvalue weighted by atomic mass is 16.6. The molecule has 0 N–H and O–H groups in total. The zero-order valence-corrected chi connectivity index (χ0v) is 16.4. The van der Waals surface area contributed by atoms with Crippen molar-refractivity contribution in [3.8, 4) is 0 Å². The van der Waals surface area contributed by atoms with Gasteiger partial charge < -0.3 is 9.47 Å². The maximum Gasteiger partial charge on any atom is 0.302 e. The van der Waals surface area contributed by atoms with Gasteiger partial charge in [-0.2, -0.15) is 0 Å². The molecule has 5 aliphatic rings. The van der Waals surface area contributed by atoms with Crippen molar-refractivity contribution in [2.45, 2.75) is 90.8 Å². The first-order valence-electron chi connectivity index (χ1n) is 10.5. The van der Waals surface area contributed by atoms with Gasteiger partial charge in [-0.1, -0.05) is 27.2 Å². The van der Waals surface area contributed by atoms with Gasteiger partial charge in [-0.25, -0.2) is 0 Å². The monoisotopic (exact) mass is 346 g/mol. The van der Waals surface area contributed by atoms with Crippen LogP contribution in [0.15, 0.2) is 0 Å². The minimum Gasteiger partial charge on any atom is -0.462 e. The highest BCUT2D eigenvalue weighted by Crippen LogP contribution is 2.75. The Labute approximate surface area is 152 Å². The Hall–Kier alpha value is -0.570. The van der Waals surface area contributed by atoms with E-state index in [1.165, 1.54) is 38.5 Å². The average Bonchev–Trinajstić information content (AvgIpc) is 3.24. The number of hydrogen-bond acceptors (Lipinski definition) is 3. The molecule has 0 aromatic rings. The quantitative estimate of drug-likeness (QED) is 0.509. The zero-order valence-electron chi connectivity index (χ0n) is 16.4. The summed E-state index contributed by atoms with van der Waals surface area (Å²) in [6, 6.07) is 0. The van der Waals surface area contributed by atoms with Crippen LogP contribution in [0.3, 0.4) is 0 Å². The lowest BCUT2D eigenvalue weighted by molar-refractivity contribution is -0.212. The topological polar surface area (TPSA) is 38.8 Å². The lowest BCUT2D eigenvalue weighted by Gasteiger charge is -2.65. The Morgan fingerprint density at radius 2 is 1.88 bits per heavy atom. The number of ether oxygens (including phenoxy) is 2. The van der Waals surface area contributed by atoms with Crippen molar-refractivity contribution in [1.82, 2.24) is 0 Å². The van der Waals surface area contributed by atoms with Gasteiger partial charge >= 0.3 is 5.97 Å². The van der Waals surface area contributed by atoms with Gasteiger partial charge in [-0.15, -0.1) is 0 Å². The number of esters is 1. The van der Waals surface area contributed by atoms with Gasteiger partial charge in [0.15, 0.2) is 0 Å². The molecule has 25 heavy (non-hydrogen) atoms. The van der Waals surface area contributed by atoms with Gasteiger partial charge in [0, 0.05) is 12.3 Å². The maximum atomic E-state index is 12.0. The second-order valence-electron chi connectivity index (χ2n) is 11.0. The van der Waals surface area contributed by atoms with Crippen LogP contribution >= 0.6 is 0 Å². The number of rotatable bonds is 1. The molecule has 1 heterocycles. The van der Waals surface area contributed by atoms with Gasteiger partial charge in [0.05, 0.1) is 12.2 Å². The van der Waals surface area contributed by atoms with Gasteiger partial charge in [-0.3, -0.25) is 4.79 Å². The Bertz CT molecular complexity index is 606. The van der Waals surface area contributed by atoms with Gasteiger partial charge in [0.25, 0.3) is 0 Å². The van der Waals surface area contributed by atoms with E-state index < -0.39 is 0 Å². The molecule has 2 bridgehead atoms. The van der Waals surface area contributed by atoms with E-state index in [0.717, 1.165) is 19.4 Å². The first-order valence-corrected chi connectivity index (χ1v) is 10.5. The van der Waals surface area contributed by atoms with E-state index >= 15 is 0 Å². The number of epoxide rings is 1. The molecule has 3 heteroatoms. The number of hydrogen-bond donors (Lipinski definition) is 0. The summed E-state index contributed by atoms with van der Waals surface area (Å²) < 4.78 is 12.1. The molecule has 4 aliphatic carbocycles. The molecule has 140 valence electrons. The predicted molar refractivity (Wildman–Crippen MR) is 96.0 cm³/mol. The van der Waals surface area contributed by atoms with Gasteiger partial charge in [-0.05, 0) is 73.5 Å². The summed E-state index contributed by atoms with van der Waals surface area (Å²) in [4.78, 5) is 12.0. The molecule has 2 spiro atoms. The molecule has 0 amide bonds. The molecule has 1 aliphatic heterocycles. The van der Waals surface area contributed by atoms with Crippen molar-refractivity contribution in [2.24, 2.45) is 34.0 Å². The molecule has 4 saturated carbocycles. The Morgan fingerprint density at radius 3 is 2.56 bits per heavy atom. The lowest BCUT2D eigenvalue weighted by atomic mass is 9.40. The number of fused-ring (bicyclic) bond motifs is 4. The smallest absolute Gasteiger partial charge is 0.302 e. The van der Waals surface area contributed by atoms with Gasteiger partial charge in [0.1, 0.15) is 6.10 Å². The van der Waals surface area contributed by atoms with Crippen LogP contribution in [0.2, 0.25) is 0 Å². The fourth-order valence-corrected chi connectivity index (χ4v) is 8.58. The molecule has 3 nitrogen and oxygen atoms in total. The summed E-state index contributed by atoms with van der Waals surface area (Å²) in [5.74, 6) is 1.98. The molecule has 7 atom stereocenters. The van der Waals surface area contributed by atoms with E-state index in [1.54, 1.807) is 6.92 Å². The molecule has 5 rings (SSSR count). The Balaban J connectivity index is 1.60. The van der Waals surface area contributed by atoms with Crippen molar-refractivity contribution in [3.05, 3.63) is 0 Å². The Kier molecular flexibility index (Phi) is 3.20. The molecule has 0 aromatic heterocycles. The van der Waals surface area contributed by atoms with Crippen LogP contribution in [0.25, 0.3) is 0 Å². The van der Waals surface area contributed by atoms with Crippen LogP contribution in [0.5, 0.6) is 0 Å². The van der Waals surface area contributed by atoms with E-state index in [-0.39, 0.29) is 23.1 Å². The predicted octanol–water partition coefficient (Wildman–Crippen LogP) is 4.73. The molecular weight excluding hydrogens is 312 g/mol. The minimum atomic E-state index is -0.0878. The van der Waals surface area contributed by atoms with Crippen molar-refractivity contribution < 1.29 is 14.3 Å². The van der Waals surface area contributed by atoms with Crippen LogP contribution in [0, 0.1) is 34.0 Å². The first kappa shape index (κ1) is 16.6. The fourth-order valence-electron chi connectivity index (χ4n) is 8.58. The summed E-state index contributed by atoms with van der Waals surface area (Å²) in [7, 11) is 0. The van der Waals surface area contributed by atoms with E-state index in [0.29, 0.717) is 28.6 Å². The molecular formula is C22H34O3. The van der Waals surface area contributed by atoms with E-state index in [1.807, 2.05) is 0 Å². The van der Waals surface area contributed by atoms with Crippen LogP contribution in [0.4, 0.5) is 0 Å². The average molecular weight is 347 g/mol. The van der Waals surface area contributed by atoms with Crippen LogP contribution in [0.1, 0.15) is 79.1 Å². The summed E-state index contributed by atoms with van der Waals surface area (Å²) in [6.07, 6.45) is 10.2. The highest BCUT2D eigenvalue weighted by molar-refractivity contribution is 5.66. The van der Waals surface area contributed by atoms with Crippen LogP contribution < -0.4 is 0 Å². The normalized spacial score (nSPS) is 55.4. The Morgan fingerprint density at radius 1 is 1.12 bits per heavy atom. The summed E-state index contributed by atoms with van der Waals surface area (Å²) in [5.41, 5.74) is 1.10. The van der Waals surface area contributed by atoms with E-state index in [4.69, 9.17) is 9.47 Å². The number of carbonyl (C=O) groups excluding carboxylic acids is 1. The lowest BCUT2D eigenvalue weighted by Crippen LogP contribution is -2.61. The van der Waals surface area contributed by atoms with Crippen molar-refractivity contribution in [1.29, 1.82) is 0 Å². The molecule has 1 saturated heterocycles. The second-order valence-corrected chi connectivity index (χ2v) is 11.0. The maximum absolute atomic E-state index is 12.0. The summed E-state index contributed by atoms with van der Waals surface area (Å²) in [5, 5.41) is 0. The van der Waals surface area contributed by atoms with Gasteiger partial charge in [0.2, 0.25) is 0 Å². The van der Waals surface area contributed by atoms with Crippen LogP contribution in [-0.2, 0) is 14.3 Å². The number of carbonyl (C=O) groups is 1. The molecule has 0 unspecified atom stereocenters. The zero-order chi connectivity index (χ0) is 17.7. The van der Waals surface area contributed by atoms with Crippen LogP contribution in [-0.4, -0.2) is 24.3 Å². The second kappa shape index (κ2) is 4.82. The summed E-state index contributed by atoms with van der Waals surface area (Å²) in [6.45, 7) is 10.1. The molecule has 5 fully saturated rings. The minimum absolute atomic E-state index is 0.0878. The SMILES string of the molecule is CC(=O)O[C@H]1C[C@@H]2C(C)(C)CCC[C@@]2(C)[C@@H]2CC[C@@H]3C[C@]12C[C@@]31CO1. The third-order valence-electron chi connectivity index (χ3n) is 9.48. The summed E-state index contributed by atoms with van der Waals surface area (Å²) >= 11 is 0. The van der Waals surface area contributed by atoms with E-state index in [2.05, 4.69) is 20.8 Å². The van der Waals surface area contributed by atoms with Crippen molar-refractivity contribution in [2.75, 3.05) is 6.61 Å². The van der Waals surface area contributed by atoms with Crippen molar-refractivity contribution in [3.63, 3.8) is 0 Å². The van der Waals surface area contributed by atoms with Crippen molar-refractivity contribution >= 4 is 5.97 Å². The largest absolute Gasteiger partial charge is 0.462 e. The fraction of sp³-hybridized carbons (Fsp3) is 0.955. The highest BCUT2D eigenvalue weighted by Gasteiger charge is 2.74.